The number of piperazine rings is 1. The number of hydrogen-bond donors (Lipinski definition) is 2. The topological polar surface area (TPSA) is 120 Å². The molecular formula is C27H29FN6O5. The van der Waals surface area contributed by atoms with Gasteiger partial charge in [-0.15, -0.1) is 0 Å². The molecule has 12 heteroatoms. The Kier molecular flexibility index (Phi) is 6.13. The van der Waals surface area contributed by atoms with Gasteiger partial charge in [-0.3, -0.25) is 14.9 Å². The van der Waals surface area contributed by atoms with Gasteiger partial charge in [-0.25, -0.2) is 14.2 Å². The van der Waals surface area contributed by atoms with Gasteiger partial charge in [0.1, 0.15) is 17.1 Å². The first-order valence-electron chi connectivity index (χ1n) is 13.1. The van der Waals surface area contributed by atoms with E-state index in [-0.39, 0.29) is 36.8 Å². The third-order valence-electron chi connectivity index (χ3n) is 7.65. The monoisotopic (exact) mass is 536 g/mol. The van der Waals surface area contributed by atoms with Crippen molar-refractivity contribution in [2.24, 2.45) is 0 Å². The zero-order chi connectivity index (χ0) is 27.3. The fraction of sp³-hybridized carbons (Fsp3) is 0.407. The van der Waals surface area contributed by atoms with Crippen molar-refractivity contribution < 1.29 is 27.9 Å². The highest BCUT2D eigenvalue weighted by Gasteiger charge is 2.53. The first kappa shape index (κ1) is 25.1. The van der Waals surface area contributed by atoms with Crippen LogP contribution in [0.5, 0.6) is 5.75 Å². The smallest absolute Gasteiger partial charge is 0.322 e. The Bertz CT molecular complexity index is 1480. The molecule has 3 aliphatic heterocycles. The molecule has 2 fully saturated rings. The number of furan rings is 1. The van der Waals surface area contributed by atoms with Crippen LogP contribution in [0.25, 0.3) is 11.1 Å². The molecule has 0 spiro atoms. The van der Waals surface area contributed by atoms with E-state index in [0.29, 0.717) is 16.7 Å². The molecule has 1 atom stereocenters. The van der Waals surface area contributed by atoms with Crippen molar-refractivity contribution in [3.05, 3.63) is 53.0 Å². The van der Waals surface area contributed by atoms with Gasteiger partial charge in [-0.1, -0.05) is 13.0 Å². The first-order chi connectivity index (χ1) is 18.8. The molecule has 2 saturated heterocycles. The minimum absolute atomic E-state index is 0.0108. The van der Waals surface area contributed by atoms with E-state index in [9.17, 15) is 14.4 Å². The van der Waals surface area contributed by atoms with Crippen LogP contribution in [0.3, 0.4) is 0 Å². The number of imide groups is 1. The average molecular weight is 537 g/mol. The Hall–Kier alpha value is -4.19. The third-order valence-corrected chi connectivity index (χ3v) is 7.65. The number of fused-ring (bicyclic) bond motifs is 2. The van der Waals surface area contributed by atoms with Crippen molar-refractivity contribution in [2.75, 3.05) is 50.8 Å². The van der Waals surface area contributed by atoms with Crippen LogP contribution in [-0.4, -0.2) is 78.5 Å². The van der Waals surface area contributed by atoms with Crippen LogP contribution in [-0.2, 0) is 16.9 Å². The summed E-state index contributed by atoms with van der Waals surface area (Å²) in [6, 6.07) is 7.69. The van der Waals surface area contributed by atoms with Crippen LogP contribution in [0.15, 0.2) is 34.7 Å². The second-order valence-electron chi connectivity index (χ2n) is 9.90. The van der Waals surface area contributed by atoms with Crippen molar-refractivity contribution in [1.82, 2.24) is 25.4 Å². The summed E-state index contributed by atoms with van der Waals surface area (Å²) in [6.45, 7) is 8.51. The standard InChI is InChI=1S/C27H29FN6O5/c1-3-32-9-11-33(12-10-32)21-8-7-18-17(29-21)13-20(39-18)27(25(36)30-26(37)31-27)15-34-14-16-5-6-19(38-4-2)23(28)22(16)24(34)35/h5-8,13H,3-4,9-12,14-15H2,1-2H3,(H2,30,31,36,37)/t27-/m1/s1. The summed E-state index contributed by atoms with van der Waals surface area (Å²) in [5, 5.41) is 4.91. The molecule has 0 aliphatic carbocycles. The molecule has 204 valence electrons. The SMILES string of the molecule is CCOc1ccc2c(c1F)C(=O)N(C[C@]1(c3cc4nc(N5CCN(CC)CC5)ccc4o3)NC(=O)NC1=O)C2. The molecule has 0 unspecified atom stereocenters. The van der Waals surface area contributed by atoms with Crippen LogP contribution in [0.4, 0.5) is 15.0 Å². The lowest BCUT2D eigenvalue weighted by molar-refractivity contribution is -0.125. The van der Waals surface area contributed by atoms with Gasteiger partial charge in [0.25, 0.3) is 11.8 Å². The van der Waals surface area contributed by atoms with Gasteiger partial charge in [0.05, 0.1) is 18.7 Å². The van der Waals surface area contributed by atoms with Crippen LogP contribution in [0, 0.1) is 5.82 Å². The molecular weight excluding hydrogens is 507 g/mol. The molecule has 3 aliphatic rings. The molecule has 2 N–H and O–H groups in total. The van der Waals surface area contributed by atoms with Gasteiger partial charge in [-0.2, -0.15) is 0 Å². The van der Waals surface area contributed by atoms with Crippen molar-refractivity contribution in [1.29, 1.82) is 0 Å². The maximum Gasteiger partial charge on any atom is 0.322 e. The number of anilines is 1. The van der Waals surface area contributed by atoms with Crippen LogP contribution in [0.1, 0.15) is 35.5 Å². The molecule has 39 heavy (non-hydrogen) atoms. The maximum atomic E-state index is 15.1. The van der Waals surface area contributed by atoms with E-state index in [2.05, 4.69) is 27.4 Å². The van der Waals surface area contributed by atoms with Crippen molar-refractivity contribution in [3.8, 4) is 5.75 Å². The summed E-state index contributed by atoms with van der Waals surface area (Å²) >= 11 is 0. The molecule has 2 aromatic heterocycles. The first-order valence-corrected chi connectivity index (χ1v) is 13.1. The number of aromatic nitrogens is 1. The quantitative estimate of drug-likeness (QED) is 0.441. The van der Waals surface area contributed by atoms with E-state index in [1.54, 1.807) is 25.1 Å². The van der Waals surface area contributed by atoms with E-state index in [1.807, 2.05) is 6.07 Å². The maximum absolute atomic E-state index is 15.1. The lowest BCUT2D eigenvalue weighted by Crippen LogP contribution is -2.52. The van der Waals surface area contributed by atoms with Gasteiger partial charge in [0, 0.05) is 38.8 Å². The summed E-state index contributed by atoms with van der Waals surface area (Å²) < 4.78 is 26.4. The fourth-order valence-corrected chi connectivity index (χ4v) is 5.52. The zero-order valence-electron chi connectivity index (χ0n) is 21.8. The highest BCUT2D eigenvalue weighted by molar-refractivity contribution is 6.08. The number of pyridine rings is 1. The Morgan fingerprint density at radius 2 is 1.90 bits per heavy atom. The summed E-state index contributed by atoms with van der Waals surface area (Å²) in [7, 11) is 0. The Morgan fingerprint density at radius 1 is 1.10 bits per heavy atom. The third kappa shape index (κ3) is 4.15. The largest absolute Gasteiger partial charge is 0.491 e. The van der Waals surface area contributed by atoms with E-state index in [0.717, 1.165) is 38.5 Å². The number of amides is 4. The van der Waals surface area contributed by atoms with Gasteiger partial charge in [-0.05, 0) is 37.2 Å². The van der Waals surface area contributed by atoms with Crippen molar-refractivity contribution >= 4 is 34.8 Å². The molecule has 0 bridgehead atoms. The minimum Gasteiger partial charge on any atom is -0.491 e. The number of nitrogens with one attached hydrogen (secondary N) is 2. The molecule has 11 nitrogen and oxygen atoms in total. The number of nitrogens with zero attached hydrogens (tertiary/aromatic N) is 4. The number of rotatable bonds is 7. The summed E-state index contributed by atoms with van der Waals surface area (Å²) in [5.41, 5.74) is -0.364. The van der Waals surface area contributed by atoms with Gasteiger partial charge < -0.3 is 29.2 Å². The van der Waals surface area contributed by atoms with Gasteiger partial charge >= 0.3 is 6.03 Å². The Balaban J connectivity index is 1.31. The number of ether oxygens (including phenoxy) is 1. The summed E-state index contributed by atoms with van der Waals surface area (Å²) in [6.07, 6.45) is 0. The molecule has 0 saturated carbocycles. The lowest BCUT2D eigenvalue weighted by Gasteiger charge is -2.34. The summed E-state index contributed by atoms with van der Waals surface area (Å²) in [5.74, 6) is -1.08. The molecule has 3 aromatic rings. The number of likely N-dealkylation sites (N-methyl/N-ethyl adjacent to an activating group) is 1. The normalized spacial score (nSPS) is 21.5. The van der Waals surface area contributed by atoms with E-state index >= 15 is 4.39 Å². The van der Waals surface area contributed by atoms with Gasteiger partial charge in [0.15, 0.2) is 22.7 Å². The van der Waals surface area contributed by atoms with Gasteiger partial charge in [0.2, 0.25) is 0 Å². The number of hydrogen-bond acceptors (Lipinski definition) is 8. The predicted octanol–water partition coefficient (Wildman–Crippen LogP) is 2.20. The molecule has 6 rings (SSSR count). The highest BCUT2D eigenvalue weighted by atomic mass is 19.1. The second-order valence-corrected chi connectivity index (χ2v) is 9.90. The second kappa shape index (κ2) is 9.53. The van der Waals surface area contributed by atoms with Crippen LogP contribution >= 0.6 is 0 Å². The minimum atomic E-state index is -1.71. The number of urea groups is 1. The van der Waals surface area contributed by atoms with E-state index in [4.69, 9.17) is 14.1 Å². The molecule has 0 radical (unpaired) electrons. The van der Waals surface area contributed by atoms with Crippen LogP contribution in [0.2, 0.25) is 0 Å². The lowest BCUT2D eigenvalue weighted by atomic mass is 9.95. The van der Waals surface area contributed by atoms with Crippen molar-refractivity contribution in [3.63, 3.8) is 0 Å². The molecule has 1 aromatic carbocycles. The summed E-state index contributed by atoms with van der Waals surface area (Å²) in [4.78, 5) is 49.5. The highest BCUT2D eigenvalue weighted by Crippen LogP contribution is 2.36. The van der Waals surface area contributed by atoms with Crippen LogP contribution < -0.4 is 20.3 Å². The average Bonchev–Trinajstić information content (AvgIpc) is 3.59. The number of carbonyl (C=O) groups excluding carboxylic acids is 3. The number of benzene rings is 1. The Labute approximate surface area is 223 Å². The van der Waals surface area contributed by atoms with Crippen molar-refractivity contribution in [2.45, 2.75) is 25.9 Å². The number of halogens is 1. The zero-order valence-corrected chi connectivity index (χ0v) is 21.8. The fourth-order valence-electron chi connectivity index (χ4n) is 5.52. The van der Waals surface area contributed by atoms with E-state index in [1.165, 1.54) is 11.0 Å². The molecule has 4 amide bonds. The molecule has 5 heterocycles. The number of carbonyl (C=O) groups is 3. The Morgan fingerprint density at radius 3 is 2.59 bits per heavy atom. The van der Waals surface area contributed by atoms with E-state index < -0.39 is 29.2 Å². The predicted molar refractivity (Wildman–Crippen MR) is 139 cm³/mol.